The minimum Gasteiger partial charge on any atom is -0.368 e. The molecule has 2 unspecified atom stereocenters. The molecule has 1 aromatic rings. The van der Waals surface area contributed by atoms with E-state index in [-0.39, 0.29) is 22.5 Å². The van der Waals surface area contributed by atoms with Crippen LogP contribution in [0.25, 0.3) is 0 Å². The Morgan fingerprint density at radius 2 is 2.12 bits per heavy atom. The molecule has 3 saturated carbocycles. The zero-order valence-electron chi connectivity index (χ0n) is 15.1. The molecule has 7 nitrogen and oxygen atoms in total. The van der Waals surface area contributed by atoms with Gasteiger partial charge < -0.3 is 5.73 Å². The van der Waals surface area contributed by atoms with Crippen molar-refractivity contribution in [2.24, 2.45) is 21.8 Å². The Balaban J connectivity index is 1.36. The van der Waals surface area contributed by atoms with Crippen molar-refractivity contribution in [3.63, 3.8) is 0 Å². The van der Waals surface area contributed by atoms with Crippen LogP contribution in [-0.2, 0) is 4.79 Å². The van der Waals surface area contributed by atoms with E-state index < -0.39 is 0 Å². The van der Waals surface area contributed by atoms with Crippen molar-refractivity contribution in [2.75, 3.05) is 11.5 Å². The van der Waals surface area contributed by atoms with Crippen molar-refractivity contribution in [1.82, 2.24) is 20.2 Å². The van der Waals surface area contributed by atoms with Crippen LogP contribution in [0.4, 0.5) is 5.95 Å². The Kier molecular flexibility index (Phi) is 3.86. The van der Waals surface area contributed by atoms with Gasteiger partial charge in [0, 0.05) is 17.2 Å². The van der Waals surface area contributed by atoms with Gasteiger partial charge in [0.2, 0.25) is 5.95 Å². The molecule has 3 aliphatic rings. The first kappa shape index (κ1) is 16.9. The molecule has 0 aromatic carbocycles. The molecule has 3 N–H and O–H groups in total. The van der Waals surface area contributed by atoms with E-state index in [9.17, 15) is 4.79 Å². The van der Waals surface area contributed by atoms with Crippen LogP contribution < -0.4 is 11.2 Å². The quantitative estimate of drug-likeness (QED) is 0.620. The van der Waals surface area contributed by atoms with Gasteiger partial charge in [0.05, 0.1) is 5.75 Å². The van der Waals surface area contributed by atoms with Crippen LogP contribution in [0.2, 0.25) is 0 Å². The number of nitrogens with two attached hydrogens (primary N) is 1. The fraction of sp³-hybridized carbons (Fsp3) is 0.765. The Bertz CT molecular complexity index is 737. The van der Waals surface area contributed by atoms with Gasteiger partial charge in [-0.05, 0) is 43.4 Å². The summed E-state index contributed by atoms with van der Waals surface area (Å²) in [6, 6.07) is 0.400. The molecule has 8 heteroatoms. The number of thioether (sulfide) groups is 1. The van der Waals surface area contributed by atoms with Crippen molar-refractivity contribution >= 4 is 29.3 Å². The predicted octanol–water partition coefficient (Wildman–Crippen LogP) is 2.61. The standard InChI is InChI=1S/C17H26N6OS/c1-16(2)10-6-7-17(16,3)12(8-10)19-20-13(24)9-25-15-22-21-14(18)23(15)11-4-5-11/h10-11H,4-9H2,1-3H3,(H2,18,21)(H,20,24)/b19-12-. The maximum absolute atomic E-state index is 12.2. The van der Waals surface area contributed by atoms with Crippen LogP contribution in [0.15, 0.2) is 10.3 Å². The molecular weight excluding hydrogens is 336 g/mol. The smallest absolute Gasteiger partial charge is 0.250 e. The average Bonchev–Trinajstić information content (AvgIpc) is 3.26. The summed E-state index contributed by atoms with van der Waals surface area (Å²) in [5.41, 5.74) is 10.1. The summed E-state index contributed by atoms with van der Waals surface area (Å²) >= 11 is 1.37. The minimum absolute atomic E-state index is 0.106. The summed E-state index contributed by atoms with van der Waals surface area (Å²) in [6.07, 6.45) is 5.64. The van der Waals surface area contributed by atoms with Gasteiger partial charge in [0.25, 0.3) is 5.91 Å². The number of rotatable bonds is 5. The molecule has 1 heterocycles. The molecule has 0 aliphatic heterocycles. The molecular formula is C17H26N6OS. The highest BCUT2D eigenvalue weighted by molar-refractivity contribution is 7.99. The molecule has 2 atom stereocenters. The van der Waals surface area contributed by atoms with E-state index in [0.29, 0.717) is 17.9 Å². The van der Waals surface area contributed by atoms with Gasteiger partial charge in [-0.15, -0.1) is 10.2 Å². The van der Waals surface area contributed by atoms with Crippen molar-refractivity contribution in [1.29, 1.82) is 0 Å². The van der Waals surface area contributed by atoms with Gasteiger partial charge in [-0.1, -0.05) is 32.5 Å². The first-order valence-electron chi connectivity index (χ1n) is 9.02. The zero-order chi connectivity index (χ0) is 17.8. The maximum atomic E-state index is 12.2. The first-order chi connectivity index (χ1) is 11.8. The molecule has 1 aromatic heterocycles. The lowest BCUT2D eigenvalue weighted by Gasteiger charge is -2.34. The van der Waals surface area contributed by atoms with Crippen LogP contribution in [0.3, 0.4) is 0 Å². The molecule has 2 bridgehead atoms. The second-order valence-corrected chi connectivity index (χ2v) is 9.26. The molecule has 3 aliphatic carbocycles. The molecule has 3 fully saturated rings. The lowest BCUT2D eigenvalue weighted by molar-refractivity contribution is -0.118. The van der Waals surface area contributed by atoms with Crippen molar-refractivity contribution in [2.45, 2.75) is 64.1 Å². The number of nitrogens with zero attached hydrogens (tertiary/aromatic N) is 4. The van der Waals surface area contributed by atoms with E-state index in [0.717, 1.165) is 36.6 Å². The first-order valence-corrected chi connectivity index (χ1v) is 10.0. The number of anilines is 1. The Morgan fingerprint density at radius 3 is 2.72 bits per heavy atom. The monoisotopic (exact) mass is 362 g/mol. The van der Waals surface area contributed by atoms with Crippen LogP contribution in [-0.4, -0.2) is 32.1 Å². The van der Waals surface area contributed by atoms with E-state index in [1.165, 1.54) is 18.2 Å². The summed E-state index contributed by atoms with van der Waals surface area (Å²) in [5, 5.41) is 13.2. The van der Waals surface area contributed by atoms with Crippen LogP contribution in [0.5, 0.6) is 0 Å². The summed E-state index contributed by atoms with van der Waals surface area (Å²) in [6.45, 7) is 6.96. The number of hydrogen-bond donors (Lipinski definition) is 2. The van der Waals surface area contributed by atoms with Crippen LogP contribution in [0.1, 0.15) is 58.9 Å². The topological polar surface area (TPSA) is 98.2 Å². The van der Waals surface area contributed by atoms with Gasteiger partial charge in [-0.3, -0.25) is 9.36 Å². The highest BCUT2D eigenvalue weighted by Crippen LogP contribution is 2.63. The molecule has 4 rings (SSSR count). The summed E-state index contributed by atoms with van der Waals surface area (Å²) in [7, 11) is 0. The van der Waals surface area contributed by atoms with E-state index in [4.69, 9.17) is 5.73 Å². The molecule has 25 heavy (non-hydrogen) atoms. The third kappa shape index (κ3) is 2.65. The van der Waals surface area contributed by atoms with Gasteiger partial charge >= 0.3 is 0 Å². The lowest BCUT2D eigenvalue weighted by Crippen LogP contribution is -2.34. The minimum atomic E-state index is -0.106. The number of hydrazone groups is 1. The number of fused-ring (bicyclic) bond motifs is 2. The maximum Gasteiger partial charge on any atom is 0.250 e. The van der Waals surface area contributed by atoms with Crippen molar-refractivity contribution in [3.8, 4) is 0 Å². The molecule has 0 saturated heterocycles. The number of aromatic nitrogens is 3. The highest BCUT2D eigenvalue weighted by Gasteiger charge is 2.60. The van der Waals surface area contributed by atoms with E-state index in [1.54, 1.807) is 0 Å². The van der Waals surface area contributed by atoms with E-state index in [2.05, 4.69) is 41.5 Å². The third-order valence-corrected chi connectivity index (χ3v) is 7.71. The number of nitrogen functional groups attached to an aromatic ring is 1. The zero-order valence-corrected chi connectivity index (χ0v) is 15.9. The van der Waals surface area contributed by atoms with Crippen molar-refractivity contribution in [3.05, 3.63) is 0 Å². The second-order valence-electron chi connectivity index (χ2n) is 8.32. The second kappa shape index (κ2) is 5.72. The van der Waals surface area contributed by atoms with E-state index >= 15 is 0 Å². The van der Waals surface area contributed by atoms with E-state index in [1.807, 2.05) is 4.57 Å². The van der Waals surface area contributed by atoms with Gasteiger partial charge in [0.15, 0.2) is 5.16 Å². The highest BCUT2D eigenvalue weighted by atomic mass is 32.2. The number of nitrogens with one attached hydrogen (secondary N) is 1. The molecule has 0 radical (unpaired) electrons. The number of hydrogen-bond acceptors (Lipinski definition) is 6. The van der Waals surface area contributed by atoms with Crippen molar-refractivity contribution < 1.29 is 4.79 Å². The number of amides is 1. The summed E-state index contributed by atoms with van der Waals surface area (Å²) in [5.74, 6) is 1.28. The molecule has 0 spiro atoms. The summed E-state index contributed by atoms with van der Waals surface area (Å²) < 4.78 is 1.93. The van der Waals surface area contributed by atoms with Gasteiger partial charge in [-0.2, -0.15) is 5.10 Å². The average molecular weight is 363 g/mol. The third-order valence-electron chi connectivity index (χ3n) is 6.76. The van der Waals surface area contributed by atoms with Gasteiger partial charge in [-0.25, -0.2) is 5.43 Å². The van der Waals surface area contributed by atoms with Crippen LogP contribution in [0, 0.1) is 16.7 Å². The number of carbonyl (C=O) groups excluding carboxylic acids is 1. The fourth-order valence-electron chi connectivity index (χ4n) is 4.45. The number of carbonyl (C=O) groups is 1. The largest absolute Gasteiger partial charge is 0.368 e. The predicted molar refractivity (Wildman–Crippen MR) is 98.2 cm³/mol. The SMILES string of the molecule is CC12CCC(C/C1=N/NC(=O)CSc1nnc(N)n1C1CC1)C2(C)C. The fourth-order valence-corrected chi connectivity index (χ4v) is 5.26. The van der Waals surface area contributed by atoms with Crippen LogP contribution >= 0.6 is 11.8 Å². The Labute approximate surface area is 152 Å². The molecule has 136 valence electrons. The Morgan fingerprint density at radius 1 is 1.36 bits per heavy atom. The van der Waals surface area contributed by atoms with Gasteiger partial charge in [0.1, 0.15) is 0 Å². The molecule has 1 amide bonds. The Hall–Kier alpha value is -1.57. The normalized spacial score (nSPS) is 31.6. The summed E-state index contributed by atoms with van der Waals surface area (Å²) in [4.78, 5) is 12.2. The lowest BCUT2D eigenvalue weighted by atomic mass is 9.70.